The average molecular weight is 434 g/mol. The number of fused-ring (bicyclic) bond motifs is 1. The van der Waals surface area contributed by atoms with Crippen LogP contribution in [0.3, 0.4) is 0 Å². The van der Waals surface area contributed by atoms with Crippen LogP contribution in [-0.4, -0.2) is 21.4 Å². The second kappa shape index (κ2) is 8.96. The highest BCUT2D eigenvalue weighted by atomic mass is 35.5. The van der Waals surface area contributed by atoms with Crippen molar-refractivity contribution >= 4 is 64.9 Å². The third-order valence-electron chi connectivity index (χ3n) is 3.75. The van der Waals surface area contributed by atoms with Crippen molar-refractivity contribution in [3.05, 3.63) is 52.0 Å². The zero-order chi connectivity index (χ0) is 17.4. The first-order valence-electron chi connectivity index (χ1n) is 7.62. The third kappa shape index (κ3) is 4.44. The molecule has 3 aromatic rings. The Morgan fingerprint density at radius 2 is 1.77 bits per heavy atom. The van der Waals surface area contributed by atoms with Crippen LogP contribution in [0.1, 0.15) is 19.4 Å². The van der Waals surface area contributed by atoms with E-state index in [0.29, 0.717) is 15.9 Å². The van der Waals surface area contributed by atoms with Gasteiger partial charge in [0.25, 0.3) is 0 Å². The van der Waals surface area contributed by atoms with Gasteiger partial charge in [0.05, 0.1) is 21.1 Å². The van der Waals surface area contributed by atoms with E-state index in [1.165, 1.54) is 0 Å². The Kier molecular flexibility index (Phi) is 7.78. The molecule has 1 aromatic heterocycles. The van der Waals surface area contributed by atoms with E-state index in [1.807, 2.05) is 55.8 Å². The lowest BCUT2D eigenvalue weighted by atomic mass is 10.2. The molecule has 2 aromatic carbocycles. The Hall–Kier alpha value is -1.46. The Morgan fingerprint density at radius 1 is 1.08 bits per heavy atom. The van der Waals surface area contributed by atoms with E-state index in [2.05, 4.69) is 4.99 Å². The van der Waals surface area contributed by atoms with Gasteiger partial charge in [-0.2, -0.15) is 0 Å². The van der Waals surface area contributed by atoms with E-state index in [1.54, 1.807) is 6.07 Å². The largest absolute Gasteiger partial charge is 0.383 e. The number of aryl methyl sites for hydroxylation is 1. The van der Waals surface area contributed by atoms with Gasteiger partial charge in [-0.25, -0.2) is 4.98 Å². The number of halogens is 4. The van der Waals surface area contributed by atoms with Crippen LogP contribution in [0, 0.1) is 0 Å². The van der Waals surface area contributed by atoms with Crippen LogP contribution < -0.4 is 5.73 Å². The van der Waals surface area contributed by atoms with Crippen molar-refractivity contribution in [3.8, 4) is 11.4 Å². The van der Waals surface area contributed by atoms with Crippen molar-refractivity contribution in [1.29, 1.82) is 0 Å². The van der Waals surface area contributed by atoms with Gasteiger partial charge < -0.3 is 10.3 Å². The Bertz CT molecular complexity index is 948. The summed E-state index contributed by atoms with van der Waals surface area (Å²) in [4.78, 5) is 9.12. The van der Waals surface area contributed by atoms with Gasteiger partial charge in [0.15, 0.2) is 0 Å². The second-order valence-electron chi connectivity index (χ2n) is 5.93. The van der Waals surface area contributed by atoms with E-state index < -0.39 is 0 Å². The number of rotatable bonds is 3. The van der Waals surface area contributed by atoms with E-state index >= 15 is 0 Å². The lowest BCUT2D eigenvalue weighted by molar-refractivity contribution is 0.834. The number of aliphatic imine (C=N–C) groups is 1. The summed E-state index contributed by atoms with van der Waals surface area (Å²) in [6.45, 7) is 3.99. The molecule has 0 bridgehead atoms. The standard InChI is InChI=1S/C18H18Cl2N4.2ClH/c1-10(2)22-17(21)11-5-7-16-15(9-11)23-18(24(16)3)12-4-6-13(19)14(20)8-12;;/h4-10H,1-3H3,(H2,21,22);2*1H. The highest BCUT2D eigenvalue weighted by Crippen LogP contribution is 2.30. The van der Waals surface area contributed by atoms with Crippen LogP contribution in [0.5, 0.6) is 0 Å². The molecule has 0 spiro atoms. The molecular formula is C18H20Cl4N4. The number of benzene rings is 2. The van der Waals surface area contributed by atoms with Crippen molar-refractivity contribution in [2.45, 2.75) is 19.9 Å². The predicted molar refractivity (Wildman–Crippen MR) is 117 cm³/mol. The van der Waals surface area contributed by atoms with Crippen molar-refractivity contribution < 1.29 is 0 Å². The number of hydrogen-bond donors (Lipinski definition) is 1. The van der Waals surface area contributed by atoms with Gasteiger partial charge in [-0.15, -0.1) is 24.8 Å². The summed E-state index contributed by atoms with van der Waals surface area (Å²) in [6, 6.07) is 11.6. The molecule has 0 atom stereocenters. The maximum Gasteiger partial charge on any atom is 0.140 e. The van der Waals surface area contributed by atoms with Gasteiger partial charge in [0, 0.05) is 24.2 Å². The average Bonchev–Trinajstić information content (AvgIpc) is 2.86. The molecule has 0 amide bonds. The molecule has 0 aliphatic carbocycles. The zero-order valence-electron chi connectivity index (χ0n) is 14.5. The molecule has 0 radical (unpaired) electrons. The minimum absolute atomic E-state index is 0. The van der Waals surface area contributed by atoms with Crippen LogP contribution in [0.4, 0.5) is 0 Å². The minimum atomic E-state index is 0. The van der Waals surface area contributed by atoms with Crippen LogP contribution >= 0.6 is 48.0 Å². The van der Waals surface area contributed by atoms with Gasteiger partial charge in [-0.05, 0) is 50.2 Å². The number of nitrogens with two attached hydrogens (primary N) is 1. The summed E-state index contributed by atoms with van der Waals surface area (Å²) in [5, 5.41) is 1.04. The maximum atomic E-state index is 6.13. The quantitative estimate of drug-likeness (QED) is 0.437. The third-order valence-corrected chi connectivity index (χ3v) is 4.49. The summed E-state index contributed by atoms with van der Waals surface area (Å²) < 4.78 is 2.02. The molecule has 1 heterocycles. The predicted octanol–water partition coefficient (Wildman–Crippen LogP) is 5.50. The lowest BCUT2D eigenvalue weighted by Gasteiger charge is -2.05. The van der Waals surface area contributed by atoms with Crippen molar-refractivity contribution in [2.24, 2.45) is 17.8 Å². The zero-order valence-corrected chi connectivity index (χ0v) is 17.7. The van der Waals surface area contributed by atoms with Gasteiger partial charge in [-0.1, -0.05) is 23.2 Å². The van der Waals surface area contributed by atoms with Gasteiger partial charge >= 0.3 is 0 Å². The number of hydrogen-bond acceptors (Lipinski definition) is 2. The van der Waals surface area contributed by atoms with Crippen LogP contribution in [0.25, 0.3) is 22.4 Å². The maximum absolute atomic E-state index is 6.13. The number of nitrogens with zero attached hydrogens (tertiary/aromatic N) is 3. The molecule has 0 fully saturated rings. The first kappa shape index (κ1) is 22.6. The highest BCUT2D eigenvalue weighted by molar-refractivity contribution is 6.42. The molecule has 0 unspecified atom stereocenters. The molecular weight excluding hydrogens is 414 g/mol. The van der Waals surface area contributed by atoms with E-state index in [4.69, 9.17) is 33.9 Å². The van der Waals surface area contributed by atoms with Gasteiger partial charge in [-0.3, -0.25) is 4.99 Å². The first-order chi connectivity index (χ1) is 11.4. The normalized spacial score (nSPS) is 11.4. The van der Waals surface area contributed by atoms with Crippen LogP contribution in [-0.2, 0) is 7.05 Å². The topological polar surface area (TPSA) is 56.2 Å². The SMILES string of the molecule is CC(C)N=C(N)c1ccc2c(c1)nc(-c1ccc(Cl)c(Cl)c1)n2C.Cl.Cl. The fourth-order valence-corrected chi connectivity index (χ4v) is 2.90. The van der Waals surface area contributed by atoms with E-state index in [-0.39, 0.29) is 30.9 Å². The fraction of sp³-hybridized carbons (Fsp3) is 0.222. The lowest BCUT2D eigenvalue weighted by Crippen LogP contribution is -2.15. The Balaban J connectivity index is 0.00000169. The molecule has 0 saturated carbocycles. The molecule has 140 valence electrons. The Labute approximate surface area is 175 Å². The minimum Gasteiger partial charge on any atom is -0.383 e. The number of aromatic nitrogens is 2. The summed E-state index contributed by atoms with van der Waals surface area (Å²) in [5.74, 6) is 1.34. The summed E-state index contributed by atoms with van der Waals surface area (Å²) >= 11 is 12.1. The van der Waals surface area contributed by atoms with Crippen molar-refractivity contribution in [2.75, 3.05) is 0 Å². The molecule has 0 aliphatic rings. The molecule has 0 saturated heterocycles. The molecule has 0 aliphatic heterocycles. The van der Waals surface area contributed by atoms with E-state index in [9.17, 15) is 0 Å². The van der Waals surface area contributed by atoms with Crippen molar-refractivity contribution in [1.82, 2.24) is 9.55 Å². The monoisotopic (exact) mass is 432 g/mol. The fourth-order valence-electron chi connectivity index (χ4n) is 2.61. The van der Waals surface area contributed by atoms with Gasteiger partial charge in [0.1, 0.15) is 11.7 Å². The first-order valence-corrected chi connectivity index (χ1v) is 8.38. The van der Waals surface area contributed by atoms with Crippen LogP contribution in [0.15, 0.2) is 41.4 Å². The van der Waals surface area contributed by atoms with Crippen molar-refractivity contribution in [3.63, 3.8) is 0 Å². The molecule has 3 rings (SSSR count). The van der Waals surface area contributed by atoms with Gasteiger partial charge in [0.2, 0.25) is 0 Å². The molecule has 4 nitrogen and oxygen atoms in total. The Morgan fingerprint density at radius 3 is 2.38 bits per heavy atom. The molecule has 26 heavy (non-hydrogen) atoms. The second-order valence-corrected chi connectivity index (χ2v) is 6.75. The smallest absolute Gasteiger partial charge is 0.140 e. The molecule has 2 N–H and O–H groups in total. The molecule has 8 heteroatoms. The number of imidazole rings is 1. The van der Waals surface area contributed by atoms with Crippen LogP contribution in [0.2, 0.25) is 10.0 Å². The number of amidine groups is 1. The summed E-state index contributed by atoms with van der Waals surface area (Å²) in [7, 11) is 1.97. The van der Waals surface area contributed by atoms with E-state index in [0.717, 1.165) is 28.0 Å². The summed E-state index contributed by atoms with van der Waals surface area (Å²) in [6.07, 6.45) is 0. The highest BCUT2D eigenvalue weighted by Gasteiger charge is 2.12. The summed E-state index contributed by atoms with van der Waals surface area (Å²) in [5.41, 5.74) is 9.71.